The Morgan fingerprint density at radius 1 is 1.75 bits per heavy atom. The molecule has 0 aliphatic heterocycles. The van der Waals surface area contributed by atoms with E-state index in [1.165, 1.54) is 0 Å². The van der Waals surface area contributed by atoms with Gasteiger partial charge in [-0.3, -0.25) is 4.79 Å². The number of Topliss-reactive ketones (excluding diaryl/α,β-unsaturated/α-hetero) is 1. The molecule has 1 unspecified atom stereocenters. The molecule has 0 bridgehead atoms. The average Bonchev–Trinajstić information content (AvgIpc) is 2.51. The first kappa shape index (κ1) is 9.42. The Bertz CT molecular complexity index is 241. The summed E-state index contributed by atoms with van der Waals surface area (Å²) in [5.41, 5.74) is 0. The lowest BCUT2D eigenvalue weighted by atomic mass is 10.2. The van der Waals surface area contributed by atoms with E-state index in [1.54, 1.807) is 18.3 Å². The van der Waals surface area contributed by atoms with Crippen molar-refractivity contribution < 1.29 is 9.53 Å². The van der Waals surface area contributed by atoms with Gasteiger partial charge in [0.1, 0.15) is 6.10 Å². The SMILES string of the molecule is CCOC(C(C)=O)c1cccs1. The average molecular weight is 184 g/mol. The van der Waals surface area contributed by atoms with E-state index in [9.17, 15) is 4.79 Å². The van der Waals surface area contributed by atoms with Crippen LogP contribution in [-0.4, -0.2) is 12.4 Å². The van der Waals surface area contributed by atoms with E-state index >= 15 is 0 Å². The van der Waals surface area contributed by atoms with Gasteiger partial charge in [0.05, 0.1) is 0 Å². The Kier molecular flexibility index (Phi) is 3.44. The highest BCUT2D eigenvalue weighted by atomic mass is 32.1. The van der Waals surface area contributed by atoms with Crippen molar-refractivity contribution in [1.82, 2.24) is 0 Å². The lowest BCUT2D eigenvalue weighted by molar-refractivity contribution is -0.128. The van der Waals surface area contributed by atoms with Gasteiger partial charge in [0.25, 0.3) is 0 Å². The highest BCUT2D eigenvalue weighted by Crippen LogP contribution is 2.22. The van der Waals surface area contributed by atoms with Crippen LogP contribution in [0, 0.1) is 0 Å². The maximum atomic E-state index is 11.1. The zero-order valence-electron chi connectivity index (χ0n) is 7.24. The first-order chi connectivity index (χ1) is 5.75. The molecule has 0 saturated carbocycles. The standard InChI is InChI=1S/C9H12O2S/c1-3-11-9(7(2)10)8-5-4-6-12-8/h4-6,9H,3H2,1-2H3. The fourth-order valence-electron chi connectivity index (χ4n) is 1.01. The molecule has 1 heterocycles. The number of carbonyl (C=O) groups is 1. The lowest BCUT2D eigenvalue weighted by Gasteiger charge is -2.10. The summed E-state index contributed by atoms with van der Waals surface area (Å²) in [5.74, 6) is 0.0688. The van der Waals surface area contributed by atoms with Crippen molar-refractivity contribution in [3.8, 4) is 0 Å². The molecule has 1 aromatic rings. The number of rotatable bonds is 4. The number of thiophene rings is 1. The van der Waals surface area contributed by atoms with Gasteiger partial charge in [-0.05, 0) is 25.3 Å². The molecule has 0 aromatic carbocycles. The summed E-state index contributed by atoms with van der Waals surface area (Å²) < 4.78 is 5.31. The molecule has 1 aromatic heterocycles. The second kappa shape index (κ2) is 4.38. The summed E-state index contributed by atoms with van der Waals surface area (Å²) in [6, 6.07) is 3.85. The van der Waals surface area contributed by atoms with E-state index in [4.69, 9.17) is 4.74 Å². The van der Waals surface area contributed by atoms with Crippen molar-refractivity contribution in [2.75, 3.05) is 6.61 Å². The molecule has 0 radical (unpaired) electrons. The van der Waals surface area contributed by atoms with Crippen molar-refractivity contribution in [2.24, 2.45) is 0 Å². The van der Waals surface area contributed by atoms with Crippen LogP contribution in [0.2, 0.25) is 0 Å². The van der Waals surface area contributed by atoms with Crippen molar-refractivity contribution >= 4 is 17.1 Å². The maximum absolute atomic E-state index is 11.1. The number of ether oxygens (including phenoxy) is 1. The van der Waals surface area contributed by atoms with E-state index in [-0.39, 0.29) is 11.9 Å². The minimum Gasteiger partial charge on any atom is -0.365 e. The first-order valence-corrected chi connectivity index (χ1v) is 4.79. The molecular weight excluding hydrogens is 172 g/mol. The van der Waals surface area contributed by atoms with E-state index in [1.807, 2.05) is 24.4 Å². The molecule has 66 valence electrons. The molecule has 0 N–H and O–H groups in total. The predicted octanol–water partition coefficient (Wildman–Crippen LogP) is 2.41. The largest absolute Gasteiger partial charge is 0.365 e. The summed E-state index contributed by atoms with van der Waals surface area (Å²) in [4.78, 5) is 12.1. The first-order valence-electron chi connectivity index (χ1n) is 3.91. The zero-order valence-corrected chi connectivity index (χ0v) is 8.06. The van der Waals surface area contributed by atoms with Crippen LogP contribution in [0.25, 0.3) is 0 Å². The molecule has 1 atom stereocenters. The molecule has 12 heavy (non-hydrogen) atoms. The lowest BCUT2D eigenvalue weighted by Crippen LogP contribution is -2.11. The van der Waals surface area contributed by atoms with Crippen LogP contribution < -0.4 is 0 Å². The number of hydrogen-bond acceptors (Lipinski definition) is 3. The Morgan fingerprint density at radius 2 is 2.50 bits per heavy atom. The van der Waals surface area contributed by atoms with E-state index < -0.39 is 0 Å². The van der Waals surface area contributed by atoms with Crippen LogP contribution >= 0.6 is 11.3 Å². The van der Waals surface area contributed by atoms with Gasteiger partial charge in [0, 0.05) is 11.5 Å². The van der Waals surface area contributed by atoms with Gasteiger partial charge in [-0.15, -0.1) is 11.3 Å². The highest BCUT2D eigenvalue weighted by Gasteiger charge is 2.16. The molecule has 2 nitrogen and oxygen atoms in total. The Morgan fingerprint density at radius 3 is 2.92 bits per heavy atom. The molecule has 3 heteroatoms. The number of hydrogen-bond donors (Lipinski definition) is 0. The van der Waals surface area contributed by atoms with Crippen molar-refractivity contribution in [3.05, 3.63) is 22.4 Å². The quantitative estimate of drug-likeness (QED) is 0.718. The Labute approximate surface area is 76.2 Å². The fraction of sp³-hybridized carbons (Fsp3) is 0.444. The van der Waals surface area contributed by atoms with Crippen LogP contribution in [0.3, 0.4) is 0 Å². The highest BCUT2D eigenvalue weighted by molar-refractivity contribution is 7.10. The summed E-state index contributed by atoms with van der Waals surface area (Å²) in [6.07, 6.45) is -0.352. The van der Waals surface area contributed by atoms with Crippen LogP contribution in [0.4, 0.5) is 0 Å². The molecule has 0 fully saturated rings. The van der Waals surface area contributed by atoms with Crippen LogP contribution in [-0.2, 0) is 9.53 Å². The third-order valence-electron chi connectivity index (χ3n) is 1.50. The summed E-state index contributed by atoms with van der Waals surface area (Å²) in [6.45, 7) is 4.02. The smallest absolute Gasteiger partial charge is 0.163 e. The Hall–Kier alpha value is -0.670. The Balaban J connectivity index is 2.73. The molecule has 0 aliphatic rings. The molecular formula is C9H12O2S. The molecule has 0 amide bonds. The number of carbonyl (C=O) groups excluding carboxylic acids is 1. The van der Waals surface area contributed by atoms with E-state index in [0.717, 1.165) is 4.88 Å². The minimum atomic E-state index is -0.352. The third kappa shape index (κ3) is 2.16. The van der Waals surface area contributed by atoms with Crippen LogP contribution in [0.15, 0.2) is 17.5 Å². The van der Waals surface area contributed by atoms with Crippen molar-refractivity contribution in [2.45, 2.75) is 20.0 Å². The van der Waals surface area contributed by atoms with Gasteiger partial charge in [-0.2, -0.15) is 0 Å². The normalized spacial score (nSPS) is 12.8. The molecule has 0 aliphatic carbocycles. The van der Waals surface area contributed by atoms with E-state index in [2.05, 4.69) is 0 Å². The van der Waals surface area contributed by atoms with Gasteiger partial charge >= 0.3 is 0 Å². The van der Waals surface area contributed by atoms with Gasteiger partial charge < -0.3 is 4.74 Å². The van der Waals surface area contributed by atoms with Crippen LogP contribution in [0.5, 0.6) is 0 Å². The van der Waals surface area contributed by atoms with Crippen molar-refractivity contribution in [3.63, 3.8) is 0 Å². The third-order valence-corrected chi connectivity index (χ3v) is 2.42. The maximum Gasteiger partial charge on any atom is 0.163 e. The minimum absolute atomic E-state index is 0.0688. The summed E-state index contributed by atoms with van der Waals surface area (Å²) in [5, 5.41) is 1.95. The predicted molar refractivity (Wildman–Crippen MR) is 49.4 cm³/mol. The summed E-state index contributed by atoms with van der Waals surface area (Å²) in [7, 11) is 0. The molecule has 0 saturated heterocycles. The van der Waals surface area contributed by atoms with Gasteiger partial charge in [-0.1, -0.05) is 6.07 Å². The fourth-order valence-corrected chi connectivity index (χ4v) is 1.84. The zero-order chi connectivity index (χ0) is 8.97. The van der Waals surface area contributed by atoms with Gasteiger partial charge in [0.15, 0.2) is 5.78 Å². The second-order valence-electron chi connectivity index (χ2n) is 2.46. The van der Waals surface area contributed by atoms with Gasteiger partial charge in [0.2, 0.25) is 0 Å². The van der Waals surface area contributed by atoms with E-state index in [0.29, 0.717) is 6.61 Å². The monoisotopic (exact) mass is 184 g/mol. The second-order valence-corrected chi connectivity index (χ2v) is 3.44. The van der Waals surface area contributed by atoms with Crippen molar-refractivity contribution in [1.29, 1.82) is 0 Å². The summed E-state index contributed by atoms with van der Waals surface area (Å²) >= 11 is 1.55. The topological polar surface area (TPSA) is 26.3 Å². The van der Waals surface area contributed by atoms with Crippen LogP contribution in [0.1, 0.15) is 24.8 Å². The van der Waals surface area contributed by atoms with Gasteiger partial charge in [-0.25, -0.2) is 0 Å². The number of ketones is 1. The molecule has 1 rings (SSSR count). The molecule has 0 spiro atoms.